The van der Waals surface area contributed by atoms with Crippen LogP contribution >= 0.6 is 11.8 Å². The van der Waals surface area contributed by atoms with Gasteiger partial charge in [-0.3, -0.25) is 20.4 Å². The minimum Gasteiger partial charge on any atom is -0.444 e. The molecule has 0 aromatic rings. The van der Waals surface area contributed by atoms with Crippen molar-refractivity contribution in [3.8, 4) is 6.07 Å². The minimum atomic E-state index is -0.509. The van der Waals surface area contributed by atoms with E-state index in [2.05, 4.69) is 16.0 Å². The molecular formula is C35H65N7O6S. The Kier molecular flexibility index (Phi) is 27.0. The molecule has 13 nitrogen and oxygen atoms in total. The van der Waals surface area contributed by atoms with E-state index in [9.17, 15) is 19.2 Å². The Morgan fingerprint density at radius 1 is 0.816 bits per heavy atom. The summed E-state index contributed by atoms with van der Waals surface area (Å²) in [5.74, 6) is 0.820. The number of nitrogens with two attached hydrogens (primary N) is 1. The lowest BCUT2D eigenvalue weighted by atomic mass is 9.85. The van der Waals surface area contributed by atoms with Crippen LogP contribution in [0.15, 0.2) is 0 Å². The number of carbonyl (C=O) groups excluding carboxylic acids is 4. The summed E-state index contributed by atoms with van der Waals surface area (Å²) in [4.78, 5) is 45.8. The highest BCUT2D eigenvalue weighted by atomic mass is 32.2. The third kappa shape index (κ3) is 30.6. The number of rotatable bonds is 10. The van der Waals surface area contributed by atoms with Gasteiger partial charge in [0.1, 0.15) is 17.0 Å². The Bertz CT molecular complexity index is 1040. The molecule has 0 radical (unpaired) electrons. The Hall–Kier alpha value is -3.18. The van der Waals surface area contributed by atoms with Crippen molar-refractivity contribution in [2.24, 2.45) is 17.6 Å². The van der Waals surface area contributed by atoms with Crippen molar-refractivity contribution in [2.45, 2.75) is 143 Å². The van der Waals surface area contributed by atoms with Crippen molar-refractivity contribution < 1.29 is 28.7 Å². The summed E-state index contributed by atoms with van der Waals surface area (Å²) in [6.07, 6.45) is 13.5. The fraction of sp³-hybridized carbons (Fsp3) is 0.800. The molecule has 0 aromatic carbocycles. The second-order valence-corrected chi connectivity index (χ2v) is 14.8. The van der Waals surface area contributed by atoms with Crippen LogP contribution in [0.25, 0.3) is 0 Å². The van der Waals surface area contributed by atoms with Gasteiger partial charge in [0.15, 0.2) is 0 Å². The van der Waals surface area contributed by atoms with Crippen molar-refractivity contribution >= 4 is 46.5 Å². The van der Waals surface area contributed by atoms with E-state index in [-0.39, 0.29) is 23.6 Å². The molecule has 7 N–H and O–H groups in total. The number of thioether (sulfide) groups is 1. The number of hydrogen-bond donors (Lipinski definition) is 6. The monoisotopic (exact) mass is 711 g/mol. The van der Waals surface area contributed by atoms with E-state index >= 15 is 0 Å². The number of nitrogens with one attached hydrogen (secondary N) is 5. The zero-order valence-corrected chi connectivity index (χ0v) is 32.2. The van der Waals surface area contributed by atoms with E-state index in [1.165, 1.54) is 44.4 Å². The van der Waals surface area contributed by atoms with Crippen LogP contribution in [0.1, 0.15) is 132 Å². The molecule has 3 amide bonds. The van der Waals surface area contributed by atoms with Crippen LogP contribution in [0.3, 0.4) is 0 Å². The fourth-order valence-electron chi connectivity index (χ4n) is 4.74. The van der Waals surface area contributed by atoms with Crippen LogP contribution in [-0.2, 0) is 19.1 Å². The van der Waals surface area contributed by atoms with Crippen LogP contribution in [0, 0.1) is 34.0 Å². The van der Waals surface area contributed by atoms with Crippen LogP contribution in [0.5, 0.6) is 0 Å². The van der Waals surface area contributed by atoms with Gasteiger partial charge in [0.2, 0.25) is 5.91 Å². The van der Waals surface area contributed by atoms with Crippen LogP contribution in [-0.4, -0.2) is 71.8 Å². The highest BCUT2D eigenvalue weighted by molar-refractivity contribution is 8.13. The molecule has 0 heterocycles. The van der Waals surface area contributed by atoms with E-state index in [1.54, 1.807) is 6.07 Å². The first-order chi connectivity index (χ1) is 22.9. The third-order valence-corrected chi connectivity index (χ3v) is 7.61. The van der Waals surface area contributed by atoms with Gasteiger partial charge in [0.05, 0.1) is 23.4 Å². The molecule has 0 bridgehead atoms. The summed E-state index contributed by atoms with van der Waals surface area (Å²) in [5.41, 5.74) is 4.23. The first-order valence-electron chi connectivity index (χ1n) is 17.4. The number of hydrogen-bond acceptors (Lipinski definition) is 11. The maximum Gasteiger partial charge on any atom is 0.407 e. The molecule has 0 saturated heterocycles. The maximum atomic E-state index is 12.0. The smallest absolute Gasteiger partial charge is 0.407 e. The zero-order chi connectivity index (χ0) is 37.9. The lowest BCUT2D eigenvalue weighted by Gasteiger charge is -2.21. The highest BCUT2D eigenvalue weighted by Crippen LogP contribution is 2.26. The fourth-order valence-corrected chi connectivity index (χ4v) is 5.02. The van der Waals surface area contributed by atoms with Gasteiger partial charge in [-0.05, 0) is 79.9 Å². The van der Waals surface area contributed by atoms with Crippen molar-refractivity contribution in [3.05, 3.63) is 0 Å². The molecule has 0 aliphatic heterocycles. The van der Waals surface area contributed by atoms with E-state index < -0.39 is 23.4 Å². The Morgan fingerprint density at radius 2 is 1.24 bits per heavy atom. The second-order valence-electron chi connectivity index (χ2n) is 13.9. The van der Waals surface area contributed by atoms with E-state index in [0.717, 1.165) is 38.5 Å². The predicted octanol–water partition coefficient (Wildman–Crippen LogP) is 6.83. The van der Waals surface area contributed by atoms with Crippen LogP contribution < -0.4 is 21.7 Å². The highest BCUT2D eigenvalue weighted by Gasteiger charge is 2.23. The Labute approximate surface area is 299 Å². The number of nitrogens with zero attached hydrogens (tertiary/aromatic N) is 1. The van der Waals surface area contributed by atoms with Gasteiger partial charge in [0, 0.05) is 44.8 Å². The first-order valence-corrected chi connectivity index (χ1v) is 18.6. The first kappa shape index (κ1) is 47.9. The number of Topliss-reactive ketones (excluding diaryl/α,β-unsaturated/α-hetero) is 1. The third-order valence-electron chi connectivity index (χ3n) is 6.98. The van der Waals surface area contributed by atoms with E-state index in [0.29, 0.717) is 49.7 Å². The number of nitriles is 1. The number of ether oxygens (including phenoxy) is 2. The standard InChI is InChI=1S/C16H29N3O3.C10H17NOS.C7H16N2O2.C2H3N/c1-16(2,3)22-15(21)18-11-7-10-13(17)19-14(20)12-8-5-4-6-9-12;1-13-10(11)7-9(12)8-5-3-2-4-6-8;1-7(2,3)11-6(10)9-5-4-8;1-2-3/h12H,4-11H2,1-3H3,(H,18,21)(H2,17,19,20);8,11H,2-7H2,1H3;4-5,8H2,1-3H3,(H,9,10);1H3. The zero-order valence-electron chi connectivity index (χ0n) is 31.4. The second kappa shape index (κ2) is 27.6. The van der Waals surface area contributed by atoms with E-state index in [4.69, 9.17) is 31.3 Å². The van der Waals surface area contributed by atoms with Gasteiger partial charge in [-0.15, -0.1) is 11.8 Å². The van der Waals surface area contributed by atoms with E-state index in [1.807, 2.05) is 47.8 Å². The molecule has 49 heavy (non-hydrogen) atoms. The lowest BCUT2D eigenvalue weighted by Crippen LogP contribution is -2.37. The summed E-state index contributed by atoms with van der Waals surface area (Å²) < 4.78 is 10.0. The molecule has 0 atom stereocenters. The number of ketones is 1. The SMILES string of the molecule is CC#N.CC(C)(C)OC(=O)NCCCC(=N)NC(=O)C1CCCCC1.CC(C)(C)OC(=O)NCCN.CSC(=N)CC(=O)C1CCCCC1. The topological polar surface area (TPSA) is 220 Å². The molecule has 14 heteroatoms. The molecule has 282 valence electrons. The molecule has 0 unspecified atom stereocenters. The van der Waals surface area contributed by atoms with Crippen molar-refractivity contribution in [1.29, 1.82) is 16.1 Å². The summed E-state index contributed by atoms with van der Waals surface area (Å²) in [5, 5.41) is 30.9. The summed E-state index contributed by atoms with van der Waals surface area (Å²) in [6, 6.07) is 1.75. The van der Waals surface area contributed by atoms with Gasteiger partial charge in [-0.25, -0.2) is 9.59 Å². The molecular weight excluding hydrogens is 646 g/mol. The molecule has 2 fully saturated rings. The summed E-state index contributed by atoms with van der Waals surface area (Å²) >= 11 is 1.38. The largest absolute Gasteiger partial charge is 0.444 e. The maximum absolute atomic E-state index is 12.0. The normalized spacial score (nSPS) is 14.7. The molecule has 2 rings (SSSR count). The Balaban J connectivity index is 0. The average Bonchev–Trinajstić information content (AvgIpc) is 3.02. The quantitative estimate of drug-likeness (QED) is 0.0793. The Morgan fingerprint density at radius 3 is 1.65 bits per heavy atom. The molecule has 0 aromatic heterocycles. The molecule has 2 aliphatic rings. The van der Waals surface area contributed by atoms with Gasteiger partial charge in [-0.2, -0.15) is 5.26 Å². The van der Waals surface area contributed by atoms with Crippen LogP contribution in [0.2, 0.25) is 0 Å². The number of amides is 3. The summed E-state index contributed by atoms with van der Waals surface area (Å²) in [6.45, 7) is 13.6. The average molecular weight is 712 g/mol. The predicted molar refractivity (Wildman–Crippen MR) is 198 cm³/mol. The number of alkyl carbamates (subject to hydrolysis) is 2. The van der Waals surface area contributed by atoms with Gasteiger partial charge < -0.3 is 31.2 Å². The van der Waals surface area contributed by atoms with Crippen molar-refractivity contribution in [1.82, 2.24) is 16.0 Å². The van der Waals surface area contributed by atoms with Crippen molar-refractivity contribution in [3.63, 3.8) is 0 Å². The van der Waals surface area contributed by atoms with Gasteiger partial charge in [0.25, 0.3) is 0 Å². The number of carbonyl (C=O) groups is 4. The van der Waals surface area contributed by atoms with Gasteiger partial charge >= 0.3 is 12.2 Å². The molecule has 2 aliphatic carbocycles. The van der Waals surface area contributed by atoms with Crippen LogP contribution in [0.4, 0.5) is 9.59 Å². The lowest BCUT2D eigenvalue weighted by molar-refractivity contribution is -0.124. The molecule has 2 saturated carbocycles. The van der Waals surface area contributed by atoms with Crippen molar-refractivity contribution in [2.75, 3.05) is 25.9 Å². The minimum absolute atomic E-state index is 0.0233. The summed E-state index contributed by atoms with van der Waals surface area (Å²) in [7, 11) is 0. The molecule has 0 spiro atoms. The van der Waals surface area contributed by atoms with Gasteiger partial charge in [-0.1, -0.05) is 38.5 Å². The number of amidine groups is 1.